The van der Waals surface area contributed by atoms with Gasteiger partial charge in [0.05, 0.1) is 6.07 Å². The number of nitrogens with zero attached hydrogens (tertiary/aromatic N) is 3. The summed E-state index contributed by atoms with van der Waals surface area (Å²) >= 11 is 1.40. The van der Waals surface area contributed by atoms with Gasteiger partial charge in [-0.05, 0) is 30.9 Å². The smallest absolute Gasteiger partial charge is 0.210 e. The molecule has 25 heavy (non-hydrogen) atoms. The Morgan fingerprint density at radius 2 is 1.76 bits per heavy atom. The Kier molecular flexibility index (Phi) is 5.52. The average molecular weight is 348 g/mol. The highest BCUT2D eigenvalue weighted by atomic mass is 32.2. The first kappa shape index (κ1) is 17.2. The summed E-state index contributed by atoms with van der Waals surface area (Å²) in [5.41, 5.74) is 4.66. The summed E-state index contributed by atoms with van der Waals surface area (Å²) in [6.07, 6.45) is 1.69. The zero-order chi connectivity index (χ0) is 17.6. The van der Waals surface area contributed by atoms with Gasteiger partial charge in [0, 0.05) is 5.56 Å². The summed E-state index contributed by atoms with van der Waals surface area (Å²) in [5, 5.41) is 17.1. The van der Waals surface area contributed by atoms with E-state index in [0.717, 1.165) is 23.4 Å². The van der Waals surface area contributed by atoms with Crippen molar-refractivity contribution in [1.82, 2.24) is 15.2 Å². The third-order valence-electron chi connectivity index (χ3n) is 4.03. The van der Waals surface area contributed by atoms with E-state index in [-0.39, 0.29) is 5.25 Å². The van der Waals surface area contributed by atoms with Crippen LogP contribution in [0.5, 0.6) is 0 Å². The monoisotopic (exact) mass is 348 g/mol. The van der Waals surface area contributed by atoms with E-state index in [2.05, 4.69) is 71.5 Å². The summed E-state index contributed by atoms with van der Waals surface area (Å²) in [6.45, 7) is 4.19. The van der Waals surface area contributed by atoms with Gasteiger partial charge in [0.15, 0.2) is 5.82 Å². The van der Waals surface area contributed by atoms with Crippen LogP contribution >= 0.6 is 11.8 Å². The number of H-pyrrole nitrogens is 1. The minimum atomic E-state index is -0.214. The molecule has 0 unspecified atom stereocenters. The number of thioether (sulfide) groups is 1. The number of aryl methyl sites for hydroxylation is 2. The predicted octanol–water partition coefficient (Wildman–Crippen LogP) is 4.57. The van der Waals surface area contributed by atoms with Crippen LogP contribution in [0.2, 0.25) is 0 Å². The van der Waals surface area contributed by atoms with Gasteiger partial charge in [0.25, 0.3) is 0 Å². The number of hydrogen-bond donors (Lipinski definition) is 1. The molecule has 1 heterocycles. The van der Waals surface area contributed by atoms with E-state index < -0.39 is 0 Å². The summed E-state index contributed by atoms with van der Waals surface area (Å²) in [4.78, 5) is 4.52. The molecular weight excluding hydrogens is 328 g/mol. The fourth-order valence-electron chi connectivity index (χ4n) is 2.51. The number of aromatic nitrogens is 3. The molecule has 3 aromatic rings. The third kappa shape index (κ3) is 4.49. The van der Waals surface area contributed by atoms with E-state index >= 15 is 0 Å². The van der Waals surface area contributed by atoms with E-state index in [1.54, 1.807) is 0 Å². The number of rotatable bonds is 6. The van der Waals surface area contributed by atoms with Crippen LogP contribution in [-0.4, -0.2) is 20.4 Å². The standard InChI is InChI=1S/C20H20N4S/c1-3-15-8-10-17(11-9-15)19-22-20(24-23-19)25-18(13-21)12-16-6-4-14(2)5-7-16/h4-11,18H,3,12H2,1-2H3,(H,22,23,24)/t18-/m1/s1. The zero-order valence-corrected chi connectivity index (χ0v) is 15.2. The Balaban J connectivity index is 1.68. The maximum Gasteiger partial charge on any atom is 0.210 e. The van der Waals surface area contributed by atoms with E-state index in [4.69, 9.17) is 0 Å². The molecule has 0 saturated heterocycles. The van der Waals surface area contributed by atoms with Gasteiger partial charge in [-0.25, -0.2) is 4.98 Å². The molecule has 5 heteroatoms. The van der Waals surface area contributed by atoms with Gasteiger partial charge in [-0.15, -0.1) is 5.10 Å². The van der Waals surface area contributed by atoms with Gasteiger partial charge >= 0.3 is 0 Å². The van der Waals surface area contributed by atoms with Crippen molar-refractivity contribution in [2.75, 3.05) is 0 Å². The summed E-state index contributed by atoms with van der Waals surface area (Å²) in [6, 6.07) is 18.9. The fourth-order valence-corrected chi connectivity index (χ4v) is 3.33. The molecule has 0 aliphatic heterocycles. The molecular formula is C20H20N4S. The van der Waals surface area contributed by atoms with Crippen LogP contribution in [0.3, 0.4) is 0 Å². The molecule has 0 amide bonds. The minimum Gasteiger partial charge on any atom is -0.258 e. The van der Waals surface area contributed by atoms with Gasteiger partial charge in [0.2, 0.25) is 5.16 Å². The van der Waals surface area contributed by atoms with E-state index in [9.17, 15) is 5.26 Å². The molecule has 0 radical (unpaired) electrons. The lowest BCUT2D eigenvalue weighted by Gasteiger charge is -2.06. The number of nitrogens with one attached hydrogen (secondary N) is 1. The molecule has 0 bridgehead atoms. The summed E-state index contributed by atoms with van der Waals surface area (Å²) in [5.74, 6) is 0.733. The van der Waals surface area contributed by atoms with Crippen LogP contribution < -0.4 is 0 Å². The maximum atomic E-state index is 9.45. The lowest BCUT2D eigenvalue weighted by molar-refractivity contribution is 0.954. The van der Waals surface area contributed by atoms with Gasteiger partial charge in [0.1, 0.15) is 5.25 Å². The van der Waals surface area contributed by atoms with Gasteiger partial charge in [-0.2, -0.15) is 5.26 Å². The first-order chi connectivity index (χ1) is 12.2. The van der Waals surface area contributed by atoms with Crippen molar-refractivity contribution in [1.29, 1.82) is 5.26 Å². The van der Waals surface area contributed by atoms with Gasteiger partial charge < -0.3 is 0 Å². The Morgan fingerprint density at radius 1 is 1.08 bits per heavy atom. The van der Waals surface area contributed by atoms with E-state index in [0.29, 0.717) is 11.6 Å². The number of nitriles is 1. The van der Waals surface area contributed by atoms with Crippen molar-refractivity contribution in [2.45, 2.75) is 37.1 Å². The predicted molar refractivity (Wildman–Crippen MR) is 101 cm³/mol. The van der Waals surface area contributed by atoms with E-state index in [1.165, 1.54) is 22.9 Å². The van der Waals surface area contributed by atoms with Crippen LogP contribution in [0.15, 0.2) is 53.7 Å². The maximum absolute atomic E-state index is 9.45. The van der Waals surface area contributed by atoms with Crippen molar-refractivity contribution < 1.29 is 0 Å². The molecule has 1 N–H and O–H groups in total. The number of benzene rings is 2. The Labute approximate surface area is 152 Å². The van der Waals surface area contributed by atoms with Crippen LogP contribution in [0.25, 0.3) is 11.4 Å². The first-order valence-electron chi connectivity index (χ1n) is 8.31. The molecule has 126 valence electrons. The second-order valence-electron chi connectivity index (χ2n) is 5.94. The second kappa shape index (κ2) is 8.00. The third-order valence-corrected chi connectivity index (χ3v) is 4.98. The molecule has 0 fully saturated rings. The quantitative estimate of drug-likeness (QED) is 0.663. The highest BCUT2D eigenvalue weighted by Gasteiger charge is 2.15. The molecule has 3 rings (SSSR count). The van der Waals surface area contributed by atoms with Crippen molar-refractivity contribution >= 4 is 11.8 Å². The van der Waals surface area contributed by atoms with Gasteiger partial charge in [-0.1, -0.05) is 72.8 Å². The van der Waals surface area contributed by atoms with Crippen molar-refractivity contribution in [3.8, 4) is 17.5 Å². The van der Waals surface area contributed by atoms with Crippen molar-refractivity contribution in [3.05, 3.63) is 65.2 Å². The minimum absolute atomic E-state index is 0.214. The van der Waals surface area contributed by atoms with Gasteiger partial charge in [-0.3, -0.25) is 5.10 Å². The average Bonchev–Trinajstić information content (AvgIpc) is 3.11. The van der Waals surface area contributed by atoms with E-state index in [1.807, 2.05) is 12.1 Å². The van der Waals surface area contributed by atoms with Crippen LogP contribution in [0.4, 0.5) is 0 Å². The normalized spacial score (nSPS) is 11.9. The first-order valence-corrected chi connectivity index (χ1v) is 9.19. The van der Waals surface area contributed by atoms with Crippen molar-refractivity contribution in [2.24, 2.45) is 0 Å². The largest absolute Gasteiger partial charge is 0.258 e. The summed E-state index contributed by atoms with van der Waals surface area (Å²) < 4.78 is 0. The lowest BCUT2D eigenvalue weighted by atomic mass is 10.1. The number of hydrogen-bond acceptors (Lipinski definition) is 4. The summed E-state index contributed by atoms with van der Waals surface area (Å²) in [7, 11) is 0. The molecule has 1 atom stereocenters. The zero-order valence-electron chi connectivity index (χ0n) is 14.4. The number of aromatic amines is 1. The Bertz CT molecular complexity index is 860. The molecule has 0 spiro atoms. The Morgan fingerprint density at radius 3 is 2.40 bits per heavy atom. The van der Waals surface area contributed by atoms with Crippen molar-refractivity contribution in [3.63, 3.8) is 0 Å². The fraction of sp³-hybridized carbons (Fsp3) is 0.250. The SMILES string of the molecule is CCc1ccc(-c2nc(S[C@@H](C#N)Cc3ccc(C)cc3)n[nH]2)cc1. The molecule has 2 aromatic carbocycles. The highest BCUT2D eigenvalue weighted by molar-refractivity contribution is 8.00. The molecule has 4 nitrogen and oxygen atoms in total. The molecule has 1 aromatic heterocycles. The van der Waals surface area contributed by atoms with Crippen LogP contribution in [-0.2, 0) is 12.8 Å². The highest BCUT2D eigenvalue weighted by Crippen LogP contribution is 2.25. The lowest BCUT2D eigenvalue weighted by Crippen LogP contribution is -2.04. The molecule has 0 aliphatic carbocycles. The molecule has 0 saturated carbocycles. The molecule has 0 aliphatic rings. The second-order valence-corrected chi connectivity index (χ2v) is 7.11. The Hall–Kier alpha value is -2.58. The van der Waals surface area contributed by atoms with Crippen LogP contribution in [0.1, 0.15) is 23.6 Å². The van der Waals surface area contributed by atoms with Crippen LogP contribution in [0, 0.1) is 18.3 Å². The topological polar surface area (TPSA) is 65.4 Å².